The summed E-state index contributed by atoms with van der Waals surface area (Å²) in [5.74, 6) is 0. The molecule has 1 aromatic rings. The van der Waals surface area contributed by atoms with Gasteiger partial charge in [0.15, 0.2) is 0 Å². The van der Waals surface area contributed by atoms with Crippen LogP contribution in [-0.2, 0) is 0 Å². The molecule has 1 aliphatic carbocycles. The molecule has 0 bridgehead atoms. The van der Waals surface area contributed by atoms with Gasteiger partial charge in [-0.25, -0.2) is 0 Å². The summed E-state index contributed by atoms with van der Waals surface area (Å²) in [6, 6.07) is 6.22. The van der Waals surface area contributed by atoms with Crippen LogP contribution in [0.3, 0.4) is 0 Å². The fourth-order valence-corrected chi connectivity index (χ4v) is 3.84. The lowest BCUT2D eigenvalue weighted by Gasteiger charge is -2.45. The highest BCUT2D eigenvalue weighted by atomic mass is 35.5. The molecule has 0 radical (unpaired) electrons. The number of para-hydroxylation sites is 1. The van der Waals surface area contributed by atoms with E-state index < -0.39 is 0 Å². The minimum atomic E-state index is 0.348. The maximum Gasteiger partial charge on any atom is 0.0767 e. The van der Waals surface area contributed by atoms with Gasteiger partial charge < -0.3 is 10.2 Å². The van der Waals surface area contributed by atoms with E-state index in [0.717, 1.165) is 17.3 Å². The van der Waals surface area contributed by atoms with Gasteiger partial charge in [-0.05, 0) is 31.4 Å². The Kier molecular flexibility index (Phi) is 3.14. The van der Waals surface area contributed by atoms with Crippen molar-refractivity contribution in [2.45, 2.75) is 44.1 Å². The van der Waals surface area contributed by atoms with E-state index in [1.807, 2.05) is 6.07 Å². The third kappa shape index (κ3) is 1.87. The highest BCUT2D eigenvalue weighted by Gasteiger charge is 2.38. The lowest BCUT2D eigenvalue weighted by molar-refractivity contribution is 0.274. The van der Waals surface area contributed by atoms with Crippen molar-refractivity contribution in [3.05, 3.63) is 23.2 Å². The third-order valence-corrected chi connectivity index (χ3v) is 5.06. The van der Waals surface area contributed by atoms with E-state index in [-0.39, 0.29) is 0 Å². The minimum Gasteiger partial charge on any atom is -0.382 e. The predicted molar refractivity (Wildman–Crippen MR) is 78.8 cm³/mol. The predicted octanol–water partition coefficient (Wildman–Crippen LogP) is 4.29. The summed E-state index contributed by atoms with van der Waals surface area (Å²) < 4.78 is 0. The van der Waals surface area contributed by atoms with Gasteiger partial charge in [-0.2, -0.15) is 0 Å². The van der Waals surface area contributed by atoms with Crippen molar-refractivity contribution in [1.29, 1.82) is 0 Å². The molecular formula is C15H21ClN2. The van der Waals surface area contributed by atoms with Gasteiger partial charge in [0.25, 0.3) is 0 Å². The van der Waals surface area contributed by atoms with Crippen LogP contribution >= 0.6 is 11.6 Å². The van der Waals surface area contributed by atoms with Gasteiger partial charge in [0.1, 0.15) is 0 Å². The normalized spacial score (nSPS) is 22.2. The summed E-state index contributed by atoms with van der Waals surface area (Å²) in [5.41, 5.74) is 2.73. The lowest BCUT2D eigenvalue weighted by atomic mass is 9.78. The average Bonchev–Trinajstić information content (AvgIpc) is 2.52. The van der Waals surface area contributed by atoms with Gasteiger partial charge in [0.05, 0.1) is 16.4 Å². The van der Waals surface area contributed by atoms with Crippen LogP contribution in [0.25, 0.3) is 0 Å². The smallest absolute Gasteiger partial charge is 0.0767 e. The number of fused-ring (bicyclic) bond motifs is 1. The van der Waals surface area contributed by atoms with Crippen molar-refractivity contribution < 1.29 is 0 Å². The van der Waals surface area contributed by atoms with Crippen LogP contribution in [0.5, 0.6) is 0 Å². The first-order valence-electron chi connectivity index (χ1n) is 6.99. The number of hydrogen-bond donors (Lipinski definition) is 1. The first-order chi connectivity index (χ1) is 8.73. The van der Waals surface area contributed by atoms with Gasteiger partial charge in [-0.15, -0.1) is 0 Å². The molecule has 1 heterocycles. The summed E-state index contributed by atoms with van der Waals surface area (Å²) in [7, 11) is 2.24. The second-order valence-corrected chi connectivity index (χ2v) is 6.06. The van der Waals surface area contributed by atoms with Crippen molar-refractivity contribution in [2.75, 3.05) is 23.8 Å². The molecule has 0 aromatic heterocycles. The zero-order valence-corrected chi connectivity index (χ0v) is 11.8. The molecule has 1 aromatic carbocycles. The van der Waals surface area contributed by atoms with Gasteiger partial charge in [0, 0.05) is 19.1 Å². The Morgan fingerprint density at radius 3 is 2.72 bits per heavy atom. The maximum atomic E-state index is 6.32. The summed E-state index contributed by atoms with van der Waals surface area (Å²) >= 11 is 6.32. The van der Waals surface area contributed by atoms with E-state index in [9.17, 15) is 0 Å². The Balaban J connectivity index is 2.02. The van der Waals surface area contributed by atoms with Gasteiger partial charge >= 0.3 is 0 Å². The number of hydrogen-bond acceptors (Lipinski definition) is 2. The van der Waals surface area contributed by atoms with Gasteiger partial charge in [0.2, 0.25) is 0 Å². The Hall–Kier alpha value is -0.890. The summed E-state index contributed by atoms with van der Waals surface area (Å²) in [6.07, 6.45) is 7.97. The molecule has 1 spiro atoms. The Morgan fingerprint density at radius 2 is 1.94 bits per heavy atom. The maximum absolute atomic E-state index is 6.32. The van der Waals surface area contributed by atoms with Crippen molar-refractivity contribution in [2.24, 2.45) is 0 Å². The summed E-state index contributed by atoms with van der Waals surface area (Å²) in [6.45, 7) is 1.03. The first kappa shape index (κ1) is 12.2. The molecule has 1 N–H and O–H groups in total. The van der Waals surface area contributed by atoms with E-state index in [2.05, 4.69) is 29.4 Å². The fraction of sp³-hybridized carbons (Fsp3) is 0.600. The monoisotopic (exact) mass is 264 g/mol. The summed E-state index contributed by atoms with van der Waals surface area (Å²) in [4.78, 5) is 2.49. The van der Waals surface area contributed by atoms with Crippen LogP contribution in [0, 0.1) is 0 Å². The second-order valence-electron chi connectivity index (χ2n) is 5.65. The first-order valence-corrected chi connectivity index (χ1v) is 7.37. The van der Waals surface area contributed by atoms with Crippen LogP contribution in [0.15, 0.2) is 18.2 Å². The number of benzene rings is 1. The molecule has 3 heteroatoms. The molecule has 0 atom stereocenters. The highest BCUT2D eigenvalue weighted by Crippen LogP contribution is 2.44. The summed E-state index contributed by atoms with van der Waals surface area (Å²) in [5, 5.41) is 4.36. The molecule has 3 rings (SSSR count). The zero-order chi connectivity index (χ0) is 12.6. The Labute approximate surface area is 114 Å². The molecule has 1 saturated carbocycles. The molecule has 98 valence electrons. The molecule has 0 unspecified atom stereocenters. The minimum absolute atomic E-state index is 0.348. The number of rotatable bonds is 0. The average molecular weight is 265 g/mol. The molecule has 1 fully saturated rings. The zero-order valence-electron chi connectivity index (χ0n) is 11.0. The van der Waals surface area contributed by atoms with Crippen molar-refractivity contribution >= 4 is 23.0 Å². The molecule has 0 amide bonds. The molecule has 2 aliphatic rings. The molecule has 1 aliphatic heterocycles. The van der Waals surface area contributed by atoms with E-state index in [4.69, 9.17) is 11.6 Å². The molecule has 18 heavy (non-hydrogen) atoms. The van der Waals surface area contributed by atoms with E-state index in [1.54, 1.807) is 0 Å². The van der Waals surface area contributed by atoms with E-state index >= 15 is 0 Å². The van der Waals surface area contributed by atoms with E-state index in [0.29, 0.717) is 5.54 Å². The van der Waals surface area contributed by atoms with Gasteiger partial charge in [-0.1, -0.05) is 36.9 Å². The van der Waals surface area contributed by atoms with Crippen molar-refractivity contribution in [3.63, 3.8) is 0 Å². The number of halogens is 1. The second kappa shape index (κ2) is 4.65. The fourth-order valence-electron chi connectivity index (χ4n) is 3.61. The van der Waals surface area contributed by atoms with Crippen LogP contribution in [0.2, 0.25) is 5.02 Å². The van der Waals surface area contributed by atoms with Crippen molar-refractivity contribution in [3.8, 4) is 0 Å². The Bertz CT molecular complexity index is 438. The van der Waals surface area contributed by atoms with Crippen LogP contribution in [0.1, 0.15) is 38.5 Å². The number of anilines is 2. The van der Waals surface area contributed by atoms with Crippen molar-refractivity contribution in [1.82, 2.24) is 0 Å². The SMILES string of the molecule is CN1c2cccc(Cl)c2NCCC12CCCCC2. The third-order valence-electron chi connectivity index (χ3n) is 4.74. The number of nitrogens with zero attached hydrogens (tertiary/aromatic N) is 1. The highest BCUT2D eigenvalue weighted by molar-refractivity contribution is 6.34. The van der Waals surface area contributed by atoms with Crippen LogP contribution < -0.4 is 10.2 Å². The standard InChI is InChI=1S/C15H21ClN2/c1-18-13-7-5-6-12(16)14(13)17-11-10-15(18)8-3-2-4-9-15/h5-7,17H,2-4,8-11H2,1H3. The molecule has 2 nitrogen and oxygen atoms in total. The van der Waals surface area contributed by atoms with Crippen LogP contribution in [-0.4, -0.2) is 19.1 Å². The largest absolute Gasteiger partial charge is 0.382 e. The van der Waals surface area contributed by atoms with Gasteiger partial charge in [-0.3, -0.25) is 0 Å². The Morgan fingerprint density at radius 1 is 1.17 bits per heavy atom. The lowest BCUT2D eigenvalue weighted by Crippen LogP contribution is -2.48. The number of nitrogens with one attached hydrogen (secondary N) is 1. The quantitative estimate of drug-likeness (QED) is 0.752. The van der Waals surface area contributed by atoms with E-state index in [1.165, 1.54) is 44.2 Å². The molecular weight excluding hydrogens is 244 g/mol. The van der Waals surface area contributed by atoms with Crippen LogP contribution in [0.4, 0.5) is 11.4 Å². The topological polar surface area (TPSA) is 15.3 Å². The molecule has 0 saturated heterocycles.